The van der Waals surface area contributed by atoms with E-state index in [0.717, 1.165) is 43.1 Å². The second-order valence-electron chi connectivity index (χ2n) is 4.63. The SMILES string of the molecule is COc1ncnc2c1CCN(c1ccccc1)CC2. The molecule has 98 valence electrons. The van der Waals surface area contributed by atoms with Gasteiger partial charge in [0.2, 0.25) is 5.88 Å². The molecule has 2 heterocycles. The van der Waals surface area contributed by atoms with Crippen LogP contribution in [0.2, 0.25) is 0 Å². The number of anilines is 1. The number of benzene rings is 1. The number of aromatic nitrogens is 2. The molecule has 4 nitrogen and oxygen atoms in total. The molecule has 0 unspecified atom stereocenters. The lowest BCUT2D eigenvalue weighted by Crippen LogP contribution is -2.25. The van der Waals surface area contributed by atoms with Crippen molar-refractivity contribution in [3.63, 3.8) is 0 Å². The van der Waals surface area contributed by atoms with E-state index in [0.29, 0.717) is 0 Å². The summed E-state index contributed by atoms with van der Waals surface area (Å²) in [4.78, 5) is 11.0. The molecule has 0 bridgehead atoms. The first-order valence-electron chi connectivity index (χ1n) is 6.55. The molecule has 19 heavy (non-hydrogen) atoms. The zero-order valence-corrected chi connectivity index (χ0v) is 11.0. The van der Waals surface area contributed by atoms with Crippen molar-refractivity contribution in [2.24, 2.45) is 0 Å². The number of rotatable bonds is 2. The van der Waals surface area contributed by atoms with Crippen LogP contribution >= 0.6 is 0 Å². The summed E-state index contributed by atoms with van der Waals surface area (Å²) >= 11 is 0. The Morgan fingerprint density at radius 1 is 1.05 bits per heavy atom. The topological polar surface area (TPSA) is 38.3 Å². The Kier molecular flexibility index (Phi) is 3.31. The van der Waals surface area contributed by atoms with Crippen LogP contribution in [0, 0.1) is 0 Å². The van der Waals surface area contributed by atoms with Crippen LogP contribution in [0.25, 0.3) is 0 Å². The molecular formula is C15H17N3O. The van der Waals surface area contributed by atoms with E-state index in [-0.39, 0.29) is 0 Å². The minimum atomic E-state index is 0.722. The van der Waals surface area contributed by atoms with Crippen molar-refractivity contribution < 1.29 is 4.74 Å². The summed E-state index contributed by atoms with van der Waals surface area (Å²) in [5.74, 6) is 0.722. The van der Waals surface area contributed by atoms with E-state index in [2.05, 4.69) is 39.1 Å². The number of hydrogen-bond acceptors (Lipinski definition) is 4. The summed E-state index contributed by atoms with van der Waals surface area (Å²) in [6.45, 7) is 1.96. The highest BCUT2D eigenvalue weighted by Crippen LogP contribution is 2.24. The molecule has 4 heteroatoms. The third kappa shape index (κ3) is 2.38. The van der Waals surface area contributed by atoms with Gasteiger partial charge in [-0.3, -0.25) is 0 Å². The Morgan fingerprint density at radius 2 is 1.84 bits per heavy atom. The highest BCUT2D eigenvalue weighted by molar-refractivity contribution is 5.47. The molecule has 0 fully saturated rings. The van der Waals surface area contributed by atoms with E-state index in [1.54, 1.807) is 13.4 Å². The number of para-hydroxylation sites is 1. The number of fused-ring (bicyclic) bond motifs is 1. The van der Waals surface area contributed by atoms with E-state index < -0.39 is 0 Å². The van der Waals surface area contributed by atoms with Gasteiger partial charge in [-0.2, -0.15) is 0 Å². The third-order valence-electron chi connectivity index (χ3n) is 3.56. The predicted molar refractivity (Wildman–Crippen MR) is 74.6 cm³/mol. The molecule has 2 aromatic rings. The van der Waals surface area contributed by atoms with Gasteiger partial charge < -0.3 is 9.64 Å². The van der Waals surface area contributed by atoms with Crippen molar-refractivity contribution in [3.8, 4) is 5.88 Å². The largest absolute Gasteiger partial charge is 0.481 e. The van der Waals surface area contributed by atoms with Crippen LogP contribution < -0.4 is 9.64 Å². The van der Waals surface area contributed by atoms with E-state index in [9.17, 15) is 0 Å². The highest BCUT2D eigenvalue weighted by atomic mass is 16.5. The molecule has 0 radical (unpaired) electrons. The van der Waals surface area contributed by atoms with E-state index in [1.165, 1.54) is 5.69 Å². The summed E-state index contributed by atoms with van der Waals surface area (Å²) in [5, 5.41) is 0. The molecule has 1 aromatic heterocycles. The highest BCUT2D eigenvalue weighted by Gasteiger charge is 2.18. The van der Waals surface area contributed by atoms with Gasteiger partial charge in [0.25, 0.3) is 0 Å². The van der Waals surface area contributed by atoms with Crippen LogP contribution in [-0.4, -0.2) is 30.2 Å². The standard InChI is InChI=1S/C15H17N3O/c1-19-15-13-7-9-18(12-5-3-2-4-6-12)10-8-14(13)16-11-17-15/h2-6,11H,7-10H2,1H3. The molecule has 1 aromatic carbocycles. The van der Waals surface area contributed by atoms with Gasteiger partial charge in [0, 0.05) is 30.8 Å². The molecule has 0 spiro atoms. The quantitative estimate of drug-likeness (QED) is 0.823. The summed E-state index contributed by atoms with van der Waals surface area (Å²) in [7, 11) is 1.67. The Labute approximate surface area is 113 Å². The van der Waals surface area contributed by atoms with E-state index in [1.807, 2.05) is 6.07 Å². The van der Waals surface area contributed by atoms with Crippen molar-refractivity contribution in [1.29, 1.82) is 0 Å². The van der Waals surface area contributed by atoms with E-state index in [4.69, 9.17) is 4.74 Å². The van der Waals surface area contributed by atoms with Crippen LogP contribution in [0.15, 0.2) is 36.7 Å². The average molecular weight is 255 g/mol. The maximum Gasteiger partial charge on any atom is 0.219 e. The Bertz CT molecular complexity index is 557. The molecular weight excluding hydrogens is 238 g/mol. The van der Waals surface area contributed by atoms with Crippen molar-refractivity contribution in [2.45, 2.75) is 12.8 Å². The van der Waals surface area contributed by atoms with Gasteiger partial charge in [-0.15, -0.1) is 0 Å². The monoisotopic (exact) mass is 255 g/mol. The Hall–Kier alpha value is -2.10. The molecule has 0 N–H and O–H groups in total. The second kappa shape index (κ2) is 5.26. The Morgan fingerprint density at radius 3 is 2.63 bits per heavy atom. The fraction of sp³-hybridized carbons (Fsp3) is 0.333. The van der Waals surface area contributed by atoms with Crippen molar-refractivity contribution in [2.75, 3.05) is 25.1 Å². The number of ether oxygens (including phenoxy) is 1. The molecule has 0 amide bonds. The smallest absolute Gasteiger partial charge is 0.219 e. The summed E-state index contributed by atoms with van der Waals surface area (Å²) in [6, 6.07) is 10.5. The van der Waals surface area contributed by atoms with Crippen molar-refractivity contribution >= 4 is 5.69 Å². The van der Waals surface area contributed by atoms with Gasteiger partial charge in [0.15, 0.2) is 0 Å². The lowest BCUT2D eigenvalue weighted by molar-refractivity contribution is 0.390. The van der Waals surface area contributed by atoms with Gasteiger partial charge in [-0.1, -0.05) is 18.2 Å². The normalized spacial score (nSPS) is 14.7. The summed E-state index contributed by atoms with van der Waals surface area (Å²) < 4.78 is 5.34. The fourth-order valence-corrected chi connectivity index (χ4v) is 2.57. The van der Waals surface area contributed by atoms with Crippen molar-refractivity contribution in [3.05, 3.63) is 47.9 Å². The Balaban J connectivity index is 1.85. The van der Waals surface area contributed by atoms with Crippen LogP contribution in [0.3, 0.4) is 0 Å². The molecule has 1 aliphatic rings. The lowest BCUT2D eigenvalue weighted by Gasteiger charge is -2.22. The first kappa shape index (κ1) is 12.0. The molecule has 0 saturated carbocycles. The van der Waals surface area contributed by atoms with Crippen LogP contribution in [0.5, 0.6) is 5.88 Å². The van der Waals surface area contributed by atoms with Gasteiger partial charge in [0.05, 0.1) is 12.8 Å². The molecule has 3 rings (SSSR count). The van der Waals surface area contributed by atoms with Gasteiger partial charge in [-0.05, 0) is 18.6 Å². The number of nitrogens with zero attached hydrogens (tertiary/aromatic N) is 3. The molecule has 0 atom stereocenters. The number of methoxy groups -OCH3 is 1. The minimum Gasteiger partial charge on any atom is -0.481 e. The van der Waals surface area contributed by atoms with E-state index >= 15 is 0 Å². The third-order valence-corrected chi connectivity index (χ3v) is 3.56. The fourth-order valence-electron chi connectivity index (χ4n) is 2.57. The first-order chi connectivity index (χ1) is 9.38. The van der Waals surface area contributed by atoms with Crippen LogP contribution in [0.4, 0.5) is 5.69 Å². The van der Waals surface area contributed by atoms with Crippen molar-refractivity contribution in [1.82, 2.24) is 9.97 Å². The van der Waals surface area contributed by atoms with Crippen LogP contribution in [-0.2, 0) is 12.8 Å². The lowest BCUT2D eigenvalue weighted by atomic mass is 10.1. The zero-order chi connectivity index (χ0) is 13.1. The molecule has 1 aliphatic heterocycles. The average Bonchev–Trinajstić information content (AvgIpc) is 2.70. The number of hydrogen-bond donors (Lipinski definition) is 0. The summed E-state index contributed by atoms with van der Waals surface area (Å²) in [5.41, 5.74) is 3.54. The second-order valence-corrected chi connectivity index (χ2v) is 4.63. The zero-order valence-electron chi connectivity index (χ0n) is 11.0. The first-order valence-corrected chi connectivity index (χ1v) is 6.55. The minimum absolute atomic E-state index is 0.722. The molecule has 0 aliphatic carbocycles. The van der Waals surface area contributed by atoms with Crippen LogP contribution in [0.1, 0.15) is 11.3 Å². The summed E-state index contributed by atoms with van der Waals surface area (Å²) in [6.07, 6.45) is 3.45. The molecule has 0 saturated heterocycles. The maximum absolute atomic E-state index is 5.34. The van der Waals surface area contributed by atoms with Gasteiger partial charge >= 0.3 is 0 Å². The van der Waals surface area contributed by atoms with Gasteiger partial charge in [0.1, 0.15) is 6.33 Å². The maximum atomic E-state index is 5.34. The van der Waals surface area contributed by atoms with Gasteiger partial charge in [-0.25, -0.2) is 9.97 Å². The predicted octanol–water partition coefficient (Wildman–Crippen LogP) is 2.09.